The molecule has 1 fully saturated rings. The summed E-state index contributed by atoms with van der Waals surface area (Å²) in [4.78, 5) is 27.2. The fourth-order valence-electron chi connectivity index (χ4n) is 2.55. The van der Waals surface area contributed by atoms with Gasteiger partial charge < -0.3 is 15.1 Å². The van der Waals surface area contributed by atoms with Gasteiger partial charge in [0.2, 0.25) is 11.9 Å². The molecule has 1 aliphatic heterocycles. The molecule has 3 rings (SSSR count). The standard InChI is InChI=1S/C14H19N5OS/c1-9-7-10-12(16-14(15-2)17-13(10)21-9)19-6-4-5-18(3)11(20)8-19/h7H,4-6,8H2,1-3H3,(H,15,16,17). The van der Waals surface area contributed by atoms with Gasteiger partial charge in [0.1, 0.15) is 10.6 Å². The van der Waals surface area contributed by atoms with Gasteiger partial charge in [-0.3, -0.25) is 4.79 Å². The number of hydrogen-bond acceptors (Lipinski definition) is 6. The number of aryl methyl sites for hydroxylation is 1. The predicted octanol–water partition coefficient (Wildman–Crippen LogP) is 1.71. The van der Waals surface area contributed by atoms with Crippen LogP contribution in [0, 0.1) is 6.92 Å². The lowest BCUT2D eigenvalue weighted by molar-refractivity contribution is -0.127. The van der Waals surface area contributed by atoms with Crippen LogP contribution in [-0.2, 0) is 4.79 Å². The van der Waals surface area contributed by atoms with Gasteiger partial charge in [-0.25, -0.2) is 4.98 Å². The molecule has 1 aliphatic rings. The van der Waals surface area contributed by atoms with E-state index >= 15 is 0 Å². The third-order valence-electron chi connectivity index (χ3n) is 3.69. The second kappa shape index (κ2) is 5.48. The highest BCUT2D eigenvalue weighted by Gasteiger charge is 2.23. The number of aromatic nitrogens is 2. The van der Waals surface area contributed by atoms with Gasteiger partial charge >= 0.3 is 0 Å². The van der Waals surface area contributed by atoms with Crippen molar-refractivity contribution >= 4 is 39.2 Å². The first-order valence-corrected chi connectivity index (χ1v) is 7.85. The van der Waals surface area contributed by atoms with Crippen LogP contribution in [-0.4, -0.2) is 54.5 Å². The van der Waals surface area contributed by atoms with Crippen molar-refractivity contribution in [1.82, 2.24) is 14.9 Å². The maximum Gasteiger partial charge on any atom is 0.241 e. The Kier molecular flexibility index (Phi) is 3.67. The van der Waals surface area contributed by atoms with Gasteiger partial charge in [-0.1, -0.05) is 0 Å². The summed E-state index contributed by atoms with van der Waals surface area (Å²) in [5, 5.41) is 4.04. The average molecular weight is 305 g/mol. The zero-order valence-corrected chi connectivity index (χ0v) is 13.3. The van der Waals surface area contributed by atoms with Crippen molar-refractivity contribution in [2.45, 2.75) is 13.3 Å². The molecule has 7 heteroatoms. The number of anilines is 2. The normalized spacial score (nSPS) is 16.4. The van der Waals surface area contributed by atoms with E-state index in [0.29, 0.717) is 12.5 Å². The third kappa shape index (κ3) is 2.65. The number of thiophene rings is 1. The molecule has 0 radical (unpaired) electrons. The van der Waals surface area contributed by atoms with E-state index in [1.807, 2.05) is 14.1 Å². The lowest BCUT2D eigenvalue weighted by Gasteiger charge is -2.21. The van der Waals surface area contributed by atoms with Crippen molar-refractivity contribution in [2.75, 3.05) is 43.9 Å². The van der Waals surface area contributed by atoms with Gasteiger partial charge in [-0.05, 0) is 19.4 Å². The molecule has 3 heterocycles. The van der Waals surface area contributed by atoms with Crippen molar-refractivity contribution in [3.63, 3.8) is 0 Å². The molecule has 6 nitrogen and oxygen atoms in total. The first kappa shape index (κ1) is 14.1. The zero-order valence-electron chi connectivity index (χ0n) is 12.5. The fraction of sp³-hybridized carbons (Fsp3) is 0.500. The molecule has 0 atom stereocenters. The summed E-state index contributed by atoms with van der Waals surface area (Å²) in [6, 6.07) is 2.11. The highest BCUT2D eigenvalue weighted by molar-refractivity contribution is 7.18. The number of nitrogens with one attached hydrogen (secondary N) is 1. The molecule has 0 unspecified atom stereocenters. The number of likely N-dealkylation sites (N-methyl/N-ethyl adjacent to an activating group) is 1. The van der Waals surface area contributed by atoms with Crippen molar-refractivity contribution in [1.29, 1.82) is 0 Å². The van der Waals surface area contributed by atoms with Crippen molar-refractivity contribution in [3.05, 3.63) is 10.9 Å². The molecule has 21 heavy (non-hydrogen) atoms. The predicted molar refractivity (Wildman–Crippen MR) is 86.2 cm³/mol. The molecule has 2 aromatic rings. The molecule has 1 amide bonds. The molecule has 1 saturated heterocycles. The van der Waals surface area contributed by atoms with E-state index in [9.17, 15) is 4.79 Å². The van der Waals surface area contributed by atoms with Crippen LogP contribution in [0.3, 0.4) is 0 Å². The average Bonchev–Trinajstić information content (AvgIpc) is 2.76. The summed E-state index contributed by atoms with van der Waals surface area (Å²) in [6.07, 6.45) is 0.950. The topological polar surface area (TPSA) is 61.4 Å². The molecule has 0 aromatic carbocycles. The highest BCUT2D eigenvalue weighted by Crippen LogP contribution is 2.32. The Morgan fingerprint density at radius 2 is 2.14 bits per heavy atom. The first-order valence-electron chi connectivity index (χ1n) is 7.03. The molecule has 1 N–H and O–H groups in total. The van der Waals surface area contributed by atoms with Crippen LogP contribution in [0.4, 0.5) is 11.8 Å². The van der Waals surface area contributed by atoms with Crippen LogP contribution in [0.1, 0.15) is 11.3 Å². The summed E-state index contributed by atoms with van der Waals surface area (Å²) < 4.78 is 0. The maximum atomic E-state index is 12.1. The van der Waals surface area contributed by atoms with Gasteiger partial charge in [0, 0.05) is 32.1 Å². The Bertz CT molecular complexity index is 683. The molecule has 2 aromatic heterocycles. The summed E-state index contributed by atoms with van der Waals surface area (Å²) >= 11 is 1.65. The molecule has 0 aliphatic carbocycles. The minimum atomic E-state index is 0.136. The number of carbonyl (C=O) groups excluding carboxylic acids is 1. The summed E-state index contributed by atoms with van der Waals surface area (Å²) in [6.45, 7) is 4.07. The van der Waals surface area contributed by atoms with Gasteiger partial charge in [-0.15, -0.1) is 11.3 Å². The number of amides is 1. The minimum Gasteiger partial charge on any atom is -0.357 e. The van der Waals surface area contributed by atoms with Crippen molar-refractivity contribution in [3.8, 4) is 0 Å². The Balaban J connectivity index is 2.07. The van der Waals surface area contributed by atoms with E-state index < -0.39 is 0 Å². The van der Waals surface area contributed by atoms with E-state index in [1.165, 1.54) is 4.88 Å². The molecule has 0 bridgehead atoms. The number of fused-ring (bicyclic) bond motifs is 1. The van der Waals surface area contributed by atoms with E-state index in [2.05, 4.69) is 33.2 Å². The number of carbonyl (C=O) groups is 1. The van der Waals surface area contributed by atoms with E-state index in [1.54, 1.807) is 16.2 Å². The fourth-order valence-corrected chi connectivity index (χ4v) is 3.42. The lowest BCUT2D eigenvalue weighted by Crippen LogP contribution is -2.34. The lowest BCUT2D eigenvalue weighted by atomic mass is 10.3. The monoisotopic (exact) mass is 305 g/mol. The summed E-state index contributed by atoms with van der Waals surface area (Å²) in [5.74, 6) is 1.60. The number of rotatable bonds is 2. The first-order chi connectivity index (χ1) is 10.1. The molecule has 0 saturated carbocycles. The van der Waals surface area contributed by atoms with Crippen LogP contribution in [0.5, 0.6) is 0 Å². The second-order valence-corrected chi connectivity index (χ2v) is 6.52. The van der Waals surface area contributed by atoms with Gasteiger partial charge in [0.15, 0.2) is 0 Å². The molecular weight excluding hydrogens is 286 g/mol. The number of nitrogens with zero attached hydrogens (tertiary/aromatic N) is 4. The third-order valence-corrected chi connectivity index (χ3v) is 4.64. The SMILES string of the molecule is CNc1nc(N2CCCN(C)C(=O)C2)c2cc(C)sc2n1. The highest BCUT2D eigenvalue weighted by atomic mass is 32.1. The van der Waals surface area contributed by atoms with E-state index in [4.69, 9.17) is 0 Å². The molecule has 0 spiro atoms. The second-order valence-electron chi connectivity index (χ2n) is 5.29. The Hall–Kier alpha value is -1.89. The minimum absolute atomic E-state index is 0.136. The van der Waals surface area contributed by atoms with Gasteiger partial charge in [0.05, 0.1) is 11.9 Å². The van der Waals surface area contributed by atoms with Crippen molar-refractivity contribution in [2.24, 2.45) is 0 Å². The van der Waals surface area contributed by atoms with Crippen LogP contribution >= 0.6 is 11.3 Å². The Labute approximate surface area is 127 Å². The van der Waals surface area contributed by atoms with Crippen molar-refractivity contribution < 1.29 is 4.79 Å². The summed E-state index contributed by atoms with van der Waals surface area (Å²) in [5.41, 5.74) is 0. The zero-order chi connectivity index (χ0) is 15.0. The largest absolute Gasteiger partial charge is 0.357 e. The molecule has 112 valence electrons. The van der Waals surface area contributed by atoms with Gasteiger partial charge in [-0.2, -0.15) is 4.98 Å². The maximum absolute atomic E-state index is 12.1. The van der Waals surface area contributed by atoms with E-state index in [0.717, 1.165) is 35.5 Å². The van der Waals surface area contributed by atoms with E-state index in [-0.39, 0.29) is 5.91 Å². The Morgan fingerprint density at radius 1 is 1.33 bits per heavy atom. The quantitative estimate of drug-likeness (QED) is 0.915. The van der Waals surface area contributed by atoms with Crippen LogP contribution in [0.2, 0.25) is 0 Å². The smallest absolute Gasteiger partial charge is 0.241 e. The molecular formula is C14H19N5OS. The Morgan fingerprint density at radius 3 is 2.90 bits per heavy atom. The van der Waals surface area contributed by atoms with Crippen LogP contribution in [0.25, 0.3) is 10.2 Å². The van der Waals surface area contributed by atoms with Crippen LogP contribution < -0.4 is 10.2 Å². The van der Waals surface area contributed by atoms with Crippen LogP contribution in [0.15, 0.2) is 6.07 Å². The van der Waals surface area contributed by atoms with Gasteiger partial charge in [0.25, 0.3) is 0 Å². The summed E-state index contributed by atoms with van der Waals surface area (Å²) in [7, 11) is 3.67. The number of hydrogen-bond donors (Lipinski definition) is 1.